The van der Waals surface area contributed by atoms with Crippen LogP contribution in [-0.2, 0) is 6.42 Å². The highest BCUT2D eigenvalue weighted by Crippen LogP contribution is 2.14. The number of nitrogens with one attached hydrogen (secondary N) is 1. The molecular weight excluding hydrogens is 328 g/mol. The fourth-order valence-corrected chi connectivity index (χ4v) is 2.67. The summed E-state index contributed by atoms with van der Waals surface area (Å²) in [7, 11) is 0. The molecule has 7 heteroatoms. The van der Waals surface area contributed by atoms with Crippen molar-refractivity contribution in [2.75, 3.05) is 13.2 Å². The average molecular weight is 348 g/mol. The van der Waals surface area contributed by atoms with E-state index in [0.717, 1.165) is 0 Å². The largest absolute Gasteiger partial charge is 0.493 e. The van der Waals surface area contributed by atoms with Gasteiger partial charge in [0.15, 0.2) is 5.69 Å². The maximum absolute atomic E-state index is 12.2. The SMILES string of the molecule is CC(C)COc1cccc(C(=O)NCCc2nc(C(=O)O)cs2)c1. The molecule has 2 N–H and O–H groups in total. The summed E-state index contributed by atoms with van der Waals surface area (Å²) in [4.78, 5) is 26.9. The van der Waals surface area contributed by atoms with Gasteiger partial charge in [-0.3, -0.25) is 4.79 Å². The molecule has 24 heavy (non-hydrogen) atoms. The van der Waals surface area contributed by atoms with Gasteiger partial charge in [-0.2, -0.15) is 0 Å². The lowest BCUT2D eigenvalue weighted by atomic mass is 10.2. The van der Waals surface area contributed by atoms with Crippen LogP contribution in [0.5, 0.6) is 5.75 Å². The molecule has 0 fully saturated rings. The molecule has 0 aliphatic rings. The van der Waals surface area contributed by atoms with Crippen LogP contribution in [0.2, 0.25) is 0 Å². The Balaban J connectivity index is 1.85. The summed E-state index contributed by atoms with van der Waals surface area (Å²) >= 11 is 1.27. The summed E-state index contributed by atoms with van der Waals surface area (Å²) in [5.74, 6) is -0.154. The van der Waals surface area contributed by atoms with E-state index in [2.05, 4.69) is 24.1 Å². The zero-order valence-corrected chi connectivity index (χ0v) is 14.4. The molecule has 0 bridgehead atoms. The van der Waals surface area contributed by atoms with Crippen molar-refractivity contribution >= 4 is 23.2 Å². The predicted octanol–water partition coefficient (Wildman–Crippen LogP) is 2.85. The Morgan fingerprint density at radius 2 is 2.17 bits per heavy atom. The van der Waals surface area contributed by atoms with Crippen molar-refractivity contribution in [1.29, 1.82) is 0 Å². The molecule has 1 amide bonds. The summed E-state index contributed by atoms with van der Waals surface area (Å²) < 4.78 is 5.61. The van der Waals surface area contributed by atoms with Gasteiger partial charge in [-0.1, -0.05) is 19.9 Å². The second-order valence-electron chi connectivity index (χ2n) is 5.67. The topological polar surface area (TPSA) is 88.5 Å². The number of ether oxygens (including phenoxy) is 1. The highest BCUT2D eigenvalue weighted by atomic mass is 32.1. The number of carboxylic acids is 1. The molecule has 6 nitrogen and oxygen atoms in total. The van der Waals surface area contributed by atoms with Gasteiger partial charge in [-0.15, -0.1) is 11.3 Å². The molecule has 0 radical (unpaired) electrons. The quantitative estimate of drug-likeness (QED) is 0.766. The van der Waals surface area contributed by atoms with Crippen molar-refractivity contribution in [2.45, 2.75) is 20.3 Å². The Morgan fingerprint density at radius 1 is 1.38 bits per heavy atom. The van der Waals surface area contributed by atoms with Gasteiger partial charge >= 0.3 is 5.97 Å². The van der Waals surface area contributed by atoms with Crippen molar-refractivity contribution in [3.8, 4) is 5.75 Å². The van der Waals surface area contributed by atoms with Crippen LogP contribution < -0.4 is 10.1 Å². The standard InChI is InChI=1S/C17H20N2O4S/c1-11(2)9-23-13-5-3-4-12(8-13)16(20)18-7-6-15-19-14(10-24-15)17(21)22/h3-5,8,10-11H,6-7,9H2,1-2H3,(H,18,20)(H,21,22). The Kier molecular flexibility index (Phi) is 6.31. The first-order valence-corrected chi connectivity index (χ1v) is 8.52. The number of thiazole rings is 1. The zero-order chi connectivity index (χ0) is 17.5. The molecule has 1 aromatic carbocycles. The minimum Gasteiger partial charge on any atom is -0.493 e. The summed E-state index contributed by atoms with van der Waals surface area (Å²) in [5, 5.41) is 13.8. The third-order valence-corrected chi connectivity index (χ3v) is 3.98. The molecule has 0 saturated carbocycles. The maximum atomic E-state index is 12.2. The number of benzene rings is 1. The predicted molar refractivity (Wildman–Crippen MR) is 91.9 cm³/mol. The molecule has 2 aromatic rings. The van der Waals surface area contributed by atoms with E-state index >= 15 is 0 Å². The van der Waals surface area contributed by atoms with E-state index in [-0.39, 0.29) is 11.6 Å². The molecule has 0 saturated heterocycles. The molecular formula is C17H20N2O4S. The van der Waals surface area contributed by atoms with Crippen LogP contribution in [0.15, 0.2) is 29.6 Å². The molecule has 128 valence electrons. The number of nitrogens with zero attached hydrogens (tertiary/aromatic N) is 1. The van der Waals surface area contributed by atoms with Crippen LogP contribution >= 0.6 is 11.3 Å². The minimum atomic E-state index is -1.04. The molecule has 0 atom stereocenters. The first-order valence-electron chi connectivity index (χ1n) is 7.64. The third kappa shape index (κ3) is 5.34. The number of aromatic nitrogens is 1. The van der Waals surface area contributed by atoms with Gasteiger partial charge in [-0.25, -0.2) is 9.78 Å². The van der Waals surface area contributed by atoms with Crippen molar-refractivity contribution in [3.05, 3.63) is 45.9 Å². The highest BCUT2D eigenvalue weighted by molar-refractivity contribution is 7.09. The van der Waals surface area contributed by atoms with Crippen molar-refractivity contribution in [1.82, 2.24) is 10.3 Å². The van der Waals surface area contributed by atoms with Gasteiger partial charge in [0.1, 0.15) is 5.75 Å². The number of hydrogen-bond acceptors (Lipinski definition) is 5. The van der Waals surface area contributed by atoms with Gasteiger partial charge in [0.05, 0.1) is 11.6 Å². The lowest BCUT2D eigenvalue weighted by molar-refractivity contribution is 0.0690. The van der Waals surface area contributed by atoms with Crippen molar-refractivity contribution in [2.24, 2.45) is 5.92 Å². The summed E-state index contributed by atoms with van der Waals surface area (Å²) in [6.45, 7) is 5.11. The number of carboxylic acid groups (broad SMARTS) is 1. The lowest BCUT2D eigenvalue weighted by Gasteiger charge is -2.10. The maximum Gasteiger partial charge on any atom is 0.355 e. The molecule has 1 heterocycles. The van der Waals surface area contributed by atoms with Crippen LogP contribution in [0.4, 0.5) is 0 Å². The van der Waals surface area contributed by atoms with Crippen LogP contribution in [0.1, 0.15) is 39.7 Å². The van der Waals surface area contributed by atoms with Crippen LogP contribution in [0.3, 0.4) is 0 Å². The lowest BCUT2D eigenvalue weighted by Crippen LogP contribution is -2.25. The Hall–Kier alpha value is -2.41. The normalized spacial score (nSPS) is 10.6. The highest BCUT2D eigenvalue weighted by Gasteiger charge is 2.10. The van der Waals surface area contributed by atoms with Gasteiger partial charge < -0.3 is 15.2 Å². The van der Waals surface area contributed by atoms with E-state index in [4.69, 9.17) is 9.84 Å². The van der Waals surface area contributed by atoms with E-state index < -0.39 is 5.97 Å². The smallest absolute Gasteiger partial charge is 0.355 e. The number of rotatable bonds is 8. The van der Waals surface area contributed by atoms with E-state index in [1.807, 2.05) is 6.07 Å². The van der Waals surface area contributed by atoms with Crippen LogP contribution in [-0.4, -0.2) is 35.1 Å². The number of carbonyl (C=O) groups is 2. The second-order valence-corrected chi connectivity index (χ2v) is 6.61. The fraction of sp³-hybridized carbons (Fsp3) is 0.353. The van der Waals surface area contributed by atoms with Gasteiger partial charge in [0, 0.05) is 23.9 Å². The van der Waals surface area contributed by atoms with Crippen molar-refractivity contribution in [3.63, 3.8) is 0 Å². The molecule has 1 aromatic heterocycles. The van der Waals surface area contributed by atoms with Crippen molar-refractivity contribution < 1.29 is 19.4 Å². The summed E-state index contributed by atoms with van der Waals surface area (Å²) in [6.07, 6.45) is 0.493. The number of carbonyl (C=O) groups excluding carboxylic acids is 1. The van der Waals surface area contributed by atoms with Gasteiger partial charge in [0.25, 0.3) is 5.91 Å². The average Bonchev–Trinajstić information content (AvgIpc) is 3.02. The van der Waals surface area contributed by atoms with E-state index in [9.17, 15) is 9.59 Å². The number of amides is 1. The molecule has 2 rings (SSSR count). The first-order chi connectivity index (χ1) is 11.5. The Bertz CT molecular complexity index is 712. The molecule has 0 aliphatic carbocycles. The van der Waals surface area contributed by atoms with Gasteiger partial charge in [0.2, 0.25) is 0 Å². The fourth-order valence-electron chi connectivity index (χ4n) is 1.90. The second kappa shape index (κ2) is 8.44. The molecule has 0 unspecified atom stereocenters. The minimum absolute atomic E-state index is 0.0383. The number of hydrogen-bond donors (Lipinski definition) is 2. The Labute approximate surface area is 144 Å². The zero-order valence-electron chi connectivity index (χ0n) is 13.6. The molecule has 0 aliphatic heterocycles. The van der Waals surface area contributed by atoms with Crippen LogP contribution in [0, 0.1) is 5.92 Å². The summed E-state index contributed by atoms with van der Waals surface area (Å²) in [6, 6.07) is 7.04. The van der Waals surface area contributed by atoms with E-state index in [1.54, 1.807) is 18.2 Å². The monoisotopic (exact) mass is 348 g/mol. The van der Waals surface area contributed by atoms with E-state index in [1.165, 1.54) is 16.7 Å². The molecule has 0 spiro atoms. The third-order valence-electron chi connectivity index (χ3n) is 3.07. The van der Waals surface area contributed by atoms with Crippen LogP contribution in [0.25, 0.3) is 0 Å². The first kappa shape index (κ1) is 17.9. The van der Waals surface area contributed by atoms with E-state index in [0.29, 0.717) is 41.8 Å². The summed E-state index contributed by atoms with van der Waals surface area (Å²) in [5.41, 5.74) is 0.568. The number of aromatic carboxylic acids is 1. The Morgan fingerprint density at radius 3 is 2.83 bits per heavy atom. The van der Waals surface area contributed by atoms with Gasteiger partial charge in [-0.05, 0) is 24.1 Å².